The van der Waals surface area contributed by atoms with E-state index >= 15 is 0 Å². The first-order valence-corrected chi connectivity index (χ1v) is 10.5. The standard InChI is InChI=1S/C17H34N4O2S.HI/c1-5-13(3)20-16(22)10-11-19-17(18-4)21-14-8-7-9-15(12-14)24(23)6-2;/h13-15H,5-12H2,1-4H3,(H,20,22)(H2,18,19,21);1H. The molecule has 0 aliphatic heterocycles. The lowest BCUT2D eigenvalue weighted by atomic mass is 9.95. The average molecular weight is 486 g/mol. The molecule has 1 fully saturated rings. The Labute approximate surface area is 172 Å². The molecule has 4 atom stereocenters. The van der Waals surface area contributed by atoms with Crippen LogP contribution in [-0.4, -0.2) is 52.8 Å². The summed E-state index contributed by atoms with van der Waals surface area (Å²) in [6, 6.07) is 0.521. The molecule has 0 saturated heterocycles. The molecule has 4 unspecified atom stereocenters. The number of rotatable bonds is 8. The predicted molar refractivity (Wildman–Crippen MR) is 117 cm³/mol. The normalized spacial score (nSPS) is 23.1. The van der Waals surface area contributed by atoms with Crippen LogP contribution in [0.2, 0.25) is 0 Å². The van der Waals surface area contributed by atoms with Gasteiger partial charge in [0.05, 0.1) is 0 Å². The molecule has 0 aromatic rings. The van der Waals surface area contributed by atoms with E-state index in [1.165, 1.54) is 0 Å². The van der Waals surface area contributed by atoms with E-state index in [9.17, 15) is 9.00 Å². The van der Waals surface area contributed by atoms with Gasteiger partial charge in [-0.1, -0.05) is 20.3 Å². The molecule has 3 N–H and O–H groups in total. The van der Waals surface area contributed by atoms with E-state index in [1.54, 1.807) is 7.05 Å². The Morgan fingerprint density at radius 1 is 1.32 bits per heavy atom. The number of carbonyl (C=O) groups excluding carboxylic acids is 1. The molecular weight excluding hydrogens is 451 g/mol. The maximum absolute atomic E-state index is 12.0. The van der Waals surface area contributed by atoms with E-state index in [4.69, 9.17) is 0 Å². The van der Waals surface area contributed by atoms with Gasteiger partial charge in [0.1, 0.15) is 0 Å². The third kappa shape index (κ3) is 9.77. The summed E-state index contributed by atoms with van der Waals surface area (Å²) in [5, 5.41) is 9.86. The summed E-state index contributed by atoms with van der Waals surface area (Å²) in [6.45, 7) is 6.60. The van der Waals surface area contributed by atoms with E-state index in [-0.39, 0.29) is 35.9 Å². The highest BCUT2D eigenvalue weighted by atomic mass is 127. The predicted octanol–water partition coefficient (Wildman–Crippen LogP) is 2.15. The fourth-order valence-corrected chi connectivity index (χ4v) is 4.23. The summed E-state index contributed by atoms with van der Waals surface area (Å²) in [7, 11) is 1.01. The van der Waals surface area contributed by atoms with Gasteiger partial charge in [0, 0.05) is 53.9 Å². The third-order valence-corrected chi connectivity index (χ3v) is 6.25. The second kappa shape index (κ2) is 13.8. The van der Waals surface area contributed by atoms with E-state index in [1.807, 2.05) is 13.8 Å². The van der Waals surface area contributed by atoms with Crippen LogP contribution in [0, 0.1) is 0 Å². The largest absolute Gasteiger partial charge is 0.356 e. The van der Waals surface area contributed by atoms with Gasteiger partial charge in [0.15, 0.2) is 5.96 Å². The summed E-state index contributed by atoms with van der Waals surface area (Å²) >= 11 is 0. The number of aliphatic imine (C=N–C) groups is 1. The van der Waals surface area contributed by atoms with Crippen molar-refractivity contribution in [3.05, 3.63) is 0 Å². The lowest BCUT2D eigenvalue weighted by Crippen LogP contribution is -2.47. The number of amides is 1. The molecule has 0 radical (unpaired) electrons. The highest BCUT2D eigenvalue weighted by Gasteiger charge is 2.26. The van der Waals surface area contributed by atoms with Crippen molar-refractivity contribution in [3.8, 4) is 0 Å². The summed E-state index contributed by atoms with van der Waals surface area (Å²) in [5.41, 5.74) is 0. The zero-order chi connectivity index (χ0) is 17.9. The maximum atomic E-state index is 12.0. The van der Waals surface area contributed by atoms with Crippen LogP contribution < -0.4 is 16.0 Å². The minimum Gasteiger partial charge on any atom is -0.356 e. The van der Waals surface area contributed by atoms with E-state index in [2.05, 4.69) is 27.9 Å². The quantitative estimate of drug-likeness (QED) is 0.279. The molecule has 6 nitrogen and oxygen atoms in total. The van der Waals surface area contributed by atoms with E-state index in [0.29, 0.717) is 24.3 Å². The van der Waals surface area contributed by atoms with Gasteiger partial charge in [0.2, 0.25) is 5.91 Å². The Bertz CT molecular complexity index is 448. The van der Waals surface area contributed by atoms with Gasteiger partial charge in [-0.3, -0.25) is 14.0 Å². The van der Waals surface area contributed by atoms with Crippen molar-refractivity contribution < 1.29 is 9.00 Å². The number of carbonyl (C=O) groups is 1. The van der Waals surface area contributed by atoms with Crippen molar-refractivity contribution in [1.82, 2.24) is 16.0 Å². The van der Waals surface area contributed by atoms with Crippen molar-refractivity contribution in [2.24, 2.45) is 4.99 Å². The van der Waals surface area contributed by atoms with Crippen LogP contribution in [0.25, 0.3) is 0 Å². The Balaban J connectivity index is 0.00000576. The number of nitrogens with one attached hydrogen (secondary N) is 3. The van der Waals surface area contributed by atoms with Gasteiger partial charge in [-0.25, -0.2) is 0 Å². The molecule has 1 aliphatic rings. The van der Waals surface area contributed by atoms with Crippen LogP contribution in [0.5, 0.6) is 0 Å². The molecule has 0 spiro atoms. The summed E-state index contributed by atoms with van der Waals surface area (Å²) < 4.78 is 12.0. The molecule has 0 aromatic heterocycles. The summed E-state index contributed by atoms with van der Waals surface area (Å²) in [5.74, 6) is 1.51. The maximum Gasteiger partial charge on any atom is 0.221 e. The van der Waals surface area contributed by atoms with Crippen LogP contribution in [0.4, 0.5) is 0 Å². The third-order valence-electron chi connectivity index (χ3n) is 4.51. The lowest BCUT2D eigenvalue weighted by molar-refractivity contribution is -0.121. The van der Waals surface area contributed by atoms with Crippen LogP contribution >= 0.6 is 24.0 Å². The second-order valence-corrected chi connectivity index (χ2v) is 8.43. The topological polar surface area (TPSA) is 82.6 Å². The molecule has 0 heterocycles. The summed E-state index contributed by atoms with van der Waals surface area (Å²) in [4.78, 5) is 16.0. The Morgan fingerprint density at radius 2 is 2.04 bits per heavy atom. The molecule has 148 valence electrons. The SMILES string of the molecule is CCC(C)NC(=O)CCNC(=NC)NC1CCCC(S(=O)CC)C1.I. The summed E-state index contributed by atoms with van der Waals surface area (Å²) in [6.07, 6.45) is 5.52. The zero-order valence-corrected chi connectivity index (χ0v) is 19.1. The van der Waals surface area contributed by atoms with Crippen molar-refractivity contribution in [3.63, 3.8) is 0 Å². The molecule has 0 bridgehead atoms. The Kier molecular flexibility index (Phi) is 13.6. The van der Waals surface area contributed by atoms with Gasteiger partial charge >= 0.3 is 0 Å². The molecule has 1 rings (SSSR count). The van der Waals surface area contributed by atoms with Crippen LogP contribution in [0.1, 0.15) is 59.3 Å². The van der Waals surface area contributed by atoms with Crippen molar-refractivity contribution in [1.29, 1.82) is 0 Å². The van der Waals surface area contributed by atoms with Crippen LogP contribution in [-0.2, 0) is 15.6 Å². The minimum absolute atomic E-state index is 0. The fourth-order valence-electron chi connectivity index (χ4n) is 2.88. The Morgan fingerprint density at radius 3 is 2.64 bits per heavy atom. The van der Waals surface area contributed by atoms with Crippen molar-refractivity contribution in [2.75, 3.05) is 19.3 Å². The molecule has 25 heavy (non-hydrogen) atoms. The molecule has 0 aromatic carbocycles. The van der Waals surface area contributed by atoms with Gasteiger partial charge < -0.3 is 16.0 Å². The molecular formula is C17H35IN4O2S. The van der Waals surface area contributed by atoms with Gasteiger partial charge in [-0.05, 0) is 32.6 Å². The fraction of sp³-hybridized carbons (Fsp3) is 0.882. The van der Waals surface area contributed by atoms with E-state index in [0.717, 1.165) is 43.8 Å². The van der Waals surface area contributed by atoms with Crippen LogP contribution in [0.3, 0.4) is 0 Å². The van der Waals surface area contributed by atoms with Gasteiger partial charge in [-0.2, -0.15) is 0 Å². The van der Waals surface area contributed by atoms with Gasteiger partial charge in [0.25, 0.3) is 0 Å². The first-order chi connectivity index (χ1) is 11.5. The van der Waals surface area contributed by atoms with Crippen molar-refractivity contribution >= 4 is 46.6 Å². The minimum atomic E-state index is -0.722. The Hall–Kier alpha value is -0.380. The number of hydrogen-bond donors (Lipinski definition) is 3. The van der Waals surface area contributed by atoms with Gasteiger partial charge in [-0.15, -0.1) is 24.0 Å². The van der Waals surface area contributed by atoms with E-state index < -0.39 is 10.8 Å². The first kappa shape index (κ1) is 24.6. The first-order valence-electron chi connectivity index (χ1n) is 9.13. The second-order valence-electron chi connectivity index (χ2n) is 6.43. The zero-order valence-electron chi connectivity index (χ0n) is 16.0. The lowest BCUT2D eigenvalue weighted by Gasteiger charge is -2.30. The molecule has 1 amide bonds. The van der Waals surface area contributed by atoms with Crippen molar-refractivity contribution in [2.45, 2.75) is 76.6 Å². The monoisotopic (exact) mass is 486 g/mol. The molecule has 1 aliphatic carbocycles. The number of halogens is 1. The molecule has 1 saturated carbocycles. The molecule has 8 heteroatoms. The number of nitrogens with zero attached hydrogens (tertiary/aromatic N) is 1. The highest BCUT2D eigenvalue weighted by molar-refractivity contribution is 14.0. The van der Waals surface area contributed by atoms with Crippen LogP contribution in [0.15, 0.2) is 4.99 Å². The number of hydrogen-bond acceptors (Lipinski definition) is 3. The average Bonchev–Trinajstić information content (AvgIpc) is 2.60. The number of guanidine groups is 1. The highest BCUT2D eigenvalue weighted by Crippen LogP contribution is 2.22. The smallest absolute Gasteiger partial charge is 0.221 e.